The molecule has 0 heterocycles. The van der Waals surface area contributed by atoms with Crippen molar-refractivity contribution >= 4 is 0 Å². The molecule has 0 saturated heterocycles. The molecule has 0 radical (unpaired) electrons. The van der Waals surface area contributed by atoms with Crippen molar-refractivity contribution in [2.45, 2.75) is 47.1 Å². The van der Waals surface area contributed by atoms with Crippen molar-refractivity contribution in [3.8, 4) is 0 Å². The topological polar surface area (TPSA) is 15.3 Å². The Bertz CT molecular complexity index is 143. The molecule has 2 heteroatoms. The van der Waals surface area contributed by atoms with E-state index in [1.54, 1.807) is 0 Å². The van der Waals surface area contributed by atoms with Crippen LogP contribution in [-0.2, 0) is 0 Å². The quantitative estimate of drug-likeness (QED) is 0.678. The lowest BCUT2D eigenvalue weighted by atomic mass is 9.92. The Hall–Kier alpha value is -0.0800. The van der Waals surface area contributed by atoms with Gasteiger partial charge in [-0.2, -0.15) is 0 Å². The van der Waals surface area contributed by atoms with Crippen LogP contribution in [0.25, 0.3) is 0 Å². The number of nitrogens with zero attached hydrogens (tertiary/aromatic N) is 1. The van der Waals surface area contributed by atoms with Gasteiger partial charge in [0.25, 0.3) is 0 Å². The van der Waals surface area contributed by atoms with Crippen LogP contribution in [0.2, 0.25) is 0 Å². The van der Waals surface area contributed by atoms with Crippen LogP contribution in [0, 0.1) is 5.41 Å². The van der Waals surface area contributed by atoms with E-state index < -0.39 is 0 Å². The first-order valence-corrected chi connectivity index (χ1v) is 5.84. The van der Waals surface area contributed by atoms with Crippen LogP contribution in [0.1, 0.15) is 41.0 Å². The Labute approximate surface area is 90.1 Å². The first-order chi connectivity index (χ1) is 6.43. The van der Waals surface area contributed by atoms with E-state index in [4.69, 9.17) is 0 Å². The Morgan fingerprint density at radius 1 is 1.29 bits per heavy atom. The highest BCUT2D eigenvalue weighted by molar-refractivity contribution is 4.76. The minimum atomic E-state index is 0.369. The summed E-state index contributed by atoms with van der Waals surface area (Å²) in [6.45, 7) is 14.7. The molecule has 0 amide bonds. The average Bonchev–Trinajstić information content (AvgIpc) is 2.12. The lowest BCUT2D eigenvalue weighted by Gasteiger charge is -2.33. The standard InChI is InChI=1S/C12H28N2/c1-7-11(3)14(6)10-12(4,5)9-13-8-2/h11,13H,7-10H2,1-6H3. The van der Waals surface area contributed by atoms with Gasteiger partial charge in [-0.25, -0.2) is 0 Å². The van der Waals surface area contributed by atoms with E-state index in [-0.39, 0.29) is 0 Å². The van der Waals surface area contributed by atoms with Gasteiger partial charge in [0.05, 0.1) is 0 Å². The number of nitrogens with one attached hydrogen (secondary N) is 1. The number of hydrogen-bond acceptors (Lipinski definition) is 2. The molecule has 0 aromatic heterocycles. The predicted molar refractivity (Wildman–Crippen MR) is 64.7 cm³/mol. The molecule has 0 fully saturated rings. The van der Waals surface area contributed by atoms with Gasteiger partial charge in [-0.15, -0.1) is 0 Å². The average molecular weight is 200 g/mol. The van der Waals surface area contributed by atoms with Crippen molar-refractivity contribution in [2.75, 3.05) is 26.7 Å². The Balaban J connectivity index is 3.93. The van der Waals surface area contributed by atoms with Gasteiger partial charge in [0, 0.05) is 19.1 Å². The highest BCUT2D eigenvalue weighted by Gasteiger charge is 2.21. The smallest absolute Gasteiger partial charge is 0.00614 e. The van der Waals surface area contributed by atoms with Crippen molar-refractivity contribution in [1.82, 2.24) is 10.2 Å². The van der Waals surface area contributed by atoms with E-state index in [1.165, 1.54) is 6.42 Å². The molecule has 1 atom stereocenters. The normalized spacial score (nSPS) is 14.8. The Morgan fingerprint density at radius 3 is 2.29 bits per heavy atom. The summed E-state index contributed by atoms with van der Waals surface area (Å²) in [6, 6.07) is 0.691. The third-order valence-corrected chi connectivity index (χ3v) is 2.87. The van der Waals surface area contributed by atoms with Crippen molar-refractivity contribution in [2.24, 2.45) is 5.41 Å². The second-order valence-corrected chi connectivity index (χ2v) is 5.12. The van der Waals surface area contributed by atoms with Crippen LogP contribution in [0.15, 0.2) is 0 Å². The summed E-state index contributed by atoms with van der Waals surface area (Å²) in [5, 5.41) is 3.42. The van der Waals surface area contributed by atoms with E-state index in [2.05, 4.69) is 51.9 Å². The largest absolute Gasteiger partial charge is 0.316 e. The maximum Gasteiger partial charge on any atom is 0.00614 e. The minimum absolute atomic E-state index is 0.369. The molecule has 0 aliphatic carbocycles. The molecule has 0 aromatic rings. The fraction of sp³-hybridized carbons (Fsp3) is 1.00. The van der Waals surface area contributed by atoms with E-state index in [0.717, 1.165) is 19.6 Å². The van der Waals surface area contributed by atoms with Gasteiger partial charge in [0.1, 0.15) is 0 Å². The van der Waals surface area contributed by atoms with Gasteiger partial charge in [-0.05, 0) is 32.4 Å². The highest BCUT2D eigenvalue weighted by Crippen LogP contribution is 2.16. The zero-order chi connectivity index (χ0) is 11.2. The van der Waals surface area contributed by atoms with Gasteiger partial charge in [-0.1, -0.05) is 27.7 Å². The van der Waals surface area contributed by atoms with Crippen molar-refractivity contribution < 1.29 is 0 Å². The zero-order valence-corrected chi connectivity index (χ0v) is 10.9. The summed E-state index contributed by atoms with van der Waals surface area (Å²) in [5.74, 6) is 0. The molecule has 14 heavy (non-hydrogen) atoms. The molecule has 0 spiro atoms. The highest BCUT2D eigenvalue weighted by atomic mass is 15.1. The molecule has 1 unspecified atom stereocenters. The van der Waals surface area contributed by atoms with Crippen LogP contribution in [0.3, 0.4) is 0 Å². The summed E-state index contributed by atoms with van der Waals surface area (Å²) < 4.78 is 0. The third-order valence-electron chi connectivity index (χ3n) is 2.87. The van der Waals surface area contributed by atoms with Crippen LogP contribution >= 0.6 is 0 Å². The van der Waals surface area contributed by atoms with Crippen molar-refractivity contribution in [1.29, 1.82) is 0 Å². The molecular weight excluding hydrogens is 172 g/mol. The maximum atomic E-state index is 3.42. The Morgan fingerprint density at radius 2 is 1.86 bits per heavy atom. The molecule has 2 nitrogen and oxygen atoms in total. The second-order valence-electron chi connectivity index (χ2n) is 5.12. The summed E-state index contributed by atoms with van der Waals surface area (Å²) in [6.07, 6.45) is 1.23. The SMILES string of the molecule is CCNCC(C)(C)CN(C)C(C)CC. The van der Waals surface area contributed by atoms with Crippen LogP contribution in [0.5, 0.6) is 0 Å². The van der Waals surface area contributed by atoms with E-state index in [9.17, 15) is 0 Å². The van der Waals surface area contributed by atoms with Gasteiger partial charge >= 0.3 is 0 Å². The summed E-state index contributed by atoms with van der Waals surface area (Å²) >= 11 is 0. The van der Waals surface area contributed by atoms with Crippen LogP contribution in [-0.4, -0.2) is 37.6 Å². The fourth-order valence-corrected chi connectivity index (χ4v) is 1.66. The van der Waals surface area contributed by atoms with Crippen LogP contribution in [0.4, 0.5) is 0 Å². The summed E-state index contributed by atoms with van der Waals surface area (Å²) in [5.41, 5.74) is 0.369. The van der Waals surface area contributed by atoms with Gasteiger partial charge < -0.3 is 10.2 Å². The van der Waals surface area contributed by atoms with Gasteiger partial charge in [0.15, 0.2) is 0 Å². The molecule has 0 rings (SSSR count). The fourth-order valence-electron chi connectivity index (χ4n) is 1.66. The molecule has 0 aliphatic heterocycles. The molecule has 1 N–H and O–H groups in total. The second kappa shape index (κ2) is 6.41. The molecule has 0 saturated carbocycles. The summed E-state index contributed by atoms with van der Waals surface area (Å²) in [4.78, 5) is 2.46. The van der Waals surface area contributed by atoms with Crippen LogP contribution < -0.4 is 5.32 Å². The lowest BCUT2D eigenvalue weighted by molar-refractivity contribution is 0.163. The molecule has 86 valence electrons. The van der Waals surface area contributed by atoms with E-state index in [1.807, 2.05) is 0 Å². The van der Waals surface area contributed by atoms with Gasteiger partial charge in [0.2, 0.25) is 0 Å². The summed E-state index contributed by atoms with van der Waals surface area (Å²) in [7, 11) is 2.22. The lowest BCUT2D eigenvalue weighted by Crippen LogP contribution is -2.42. The monoisotopic (exact) mass is 200 g/mol. The minimum Gasteiger partial charge on any atom is -0.316 e. The zero-order valence-electron chi connectivity index (χ0n) is 10.9. The first kappa shape index (κ1) is 13.9. The predicted octanol–water partition coefficient (Wildman–Crippen LogP) is 2.35. The van der Waals surface area contributed by atoms with E-state index in [0.29, 0.717) is 11.5 Å². The molecular formula is C12H28N2. The molecule has 0 aromatic carbocycles. The van der Waals surface area contributed by atoms with Gasteiger partial charge in [-0.3, -0.25) is 0 Å². The molecule has 0 aliphatic rings. The van der Waals surface area contributed by atoms with Crippen molar-refractivity contribution in [3.05, 3.63) is 0 Å². The number of rotatable bonds is 7. The van der Waals surface area contributed by atoms with E-state index >= 15 is 0 Å². The maximum absolute atomic E-state index is 3.42. The van der Waals surface area contributed by atoms with Crippen molar-refractivity contribution in [3.63, 3.8) is 0 Å². The molecule has 0 bridgehead atoms. The Kier molecular flexibility index (Phi) is 6.38. The number of hydrogen-bond donors (Lipinski definition) is 1. The third kappa shape index (κ3) is 5.61. The first-order valence-electron chi connectivity index (χ1n) is 5.84.